The van der Waals surface area contributed by atoms with Crippen LogP contribution in [-0.4, -0.2) is 37.4 Å². The molecule has 98 valence electrons. The van der Waals surface area contributed by atoms with Gasteiger partial charge in [-0.1, -0.05) is 13.8 Å². The third-order valence-corrected chi connectivity index (χ3v) is 3.10. The highest BCUT2D eigenvalue weighted by molar-refractivity contribution is 5.98. The van der Waals surface area contributed by atoms with Crippen LogP contribution in [0.4, 0.5) is 0 Å². The van der Waals surface area contributed by atoms with Gasteiger partial charge in [0, 0.05) is 18.5 Å². The van der Waals surface area contributed by atoms with Crippen LogP contribution in [-0.2, 0) is 6.42 Å². The summed E-state index contributed by atoms with van der Waals surface area (Å²) in [5.41, 5.74) is 1.96. The van der Waals surface area contributed by atoms with Crippen LogP contribution >= 0.6 is 0 Å². The topological polar surface area (TPSA) is 29.5 Å². The molecule has 0 aromatic heterocycles. The maximum Gasteiger partial charge on any atom is 0.176 e. The quantitative estimate of drug-likeness (QED) is 0.748. The lowest BCUT2D eigenvalue weighted by molar-refractivity contribution is 0.0940. The number of ether oxygens (including phenoxy) is 1. The molecule has 0 saturated carbocycles. The number of benzene rings is 1. The fraction of sp³-hybridized carbons (Fsp3) is 0.533. The van der Waals surface area contributed by atoms with Crippen LogP contribution in [0.3, 0.4) is 0 Å². The first kappa shape index (κ1) is 13.1. The van der Waals surface area contributed by atoms with E-state index in [1.807, 2.05) is 25.2 Å². The number of ketones is 1. The first-order chi connectivity index (χ1) is 8.56. The number of fused-ring (bicyclic) bond motifs is 1. The van der Waals surface area contributed by atoms with E-state index in [0.717, 1.165) is 36.4 Å². The number of carbonyl (C=O) groups excluding carboxylic acids is 1. The summed E-state index contributed by atoms with van der Waals surface area (Å²) in [5, 5.41) is 0. The Balaban J connectivity index is 2.01. The van der Waals surface area contributed by atoms with Crippen LogP contribution in [0.1, 0.15) is 29.8 Å². The zero-order chi connectivity index (χ0) is 13.1. The SMILES string of the molecule is CC(C)CN(C)CC(=O)c1ccc2c(c1)CCO2. The van der Waals surface area contributed by atoms with Gasteiger partial charge in [0.05, 0.1) is 13.2 Å². The molecule has 1 aromatic rings. The van der Waals surface area contributed by atoms with Gasteiger partial charge in [0.25, 0.3) is 0 Å². The van der Waals surface area contributed by atoms with Crippen molar-refractivity contribution in [3.63, 3.8) is 0 Å². The minimum Gasteiger partial charge on any atom is -0.493 e. The van der Waals surface area contributed by atoms with E-state index in [-0.39, 0.29) is 5.78 Å². The lowest BCUT2D eigenvalue weighted by Crippen LogP contribution is -2.29. The molecular weight excluding hydrogens is 226 g/mol. The van der Waals surface area contributed by atoms with Crippen molar-refractivity contribution in [3.05, 3.63) is 29.3 Å². The average Bonchev–Trinajstić information content (AvgIpc) is 2.74. The van der Waals surface area contributed by atoms with Gasteiger partial charge >= 0.3 is 0 Å². The van der Waals surface area contributed by atoms with Crippen molar-refractivity contribution in [1.29, 1.82) is 0 Å². The summed E-state index contributed by atoms with van der Waals surface area (Å²) in [6, 6.07) is 5.77. The molecule has 1 heterocycles. The number of carbonyl (C=O) groups is 1. The van der Waals surface area contributed by atoms with Gasteiger partial charge in [0.1, 0.15) is 5.75 Å². The van der Waals surface area contributed by atoms with Crippen molar-refractivity contribution < 1.29 is 9.53 Å². The van der Waals surface area contributed by atoms with Crippen LogP contribution in [0.2, 0.25) is 0 Å². The molecule has 0 radical (unpaired) electrons. The highest BCUT2D eigenvalue weighted by Gasteiger charge is 2.16. The van der Waals surface area contributed by atoms with Crippen LogP contribution < -0.4 is 4.74 Å². The Labute approximate surface area is 109 Å². The second kappa shape index (κ2) is 5.53. The molecule has 18 heavy (non-hydrogen) atoms. The highest BCUT2D eigenvalue weighted by Crippen LogP contribution is 2.26. The maximum absolute atomic E-state index is 12.2. The number of hydrogen-bond donors (Lipinski definition) is 0. The molecule has 1 aliphatic heterocycles. The fourth-order valence-electron chi connectivity index (χ4n) is 2.38. The second-order valence-electron chi connectivity index (χ2n) is 5.43. The lowest BCUT2D eigenvalue weighted by Gasteiger charge is -2.18. The Bertz CT molecular complexity index is 440. The van der Waals surface area contributed by atoms with Crippen LogP contribution in [0, 0.1) is 5.92 Å². The number of hydrogen-bond acceptors (Lipinski definition) is 3. The first-order valence-corrected chi connectivity index (χ1v) is 6.53. The summed E-state index contributed by atoms with van der Waals surface area (Å²) >= 11 is 0. The summed E-state index contributed by atoms with van der Waals surface area (Å²) in [6.45, 7) is 6.49. The van der Waals surface area contributed by atoms with Gasteiger partial charge < -0.3 is 4.74 Å². The Morgan fingerprint density at radius 3 is 2.94 bits per heavy atom. The molecule has 0 fully saturated rings. The highest BCUT2D eigenvalue weighted by atomic mass is 16.5. The van der Waals surface area contributed by atoms with Gasteiger partial charge in [-0.2, -0.15) is 0 Å². The van der Waals surface area contributed by atoms with Gasteiger partial charge in [-0.25, -0.2) is 0 Å². The Morgan fingerprint density at radius 1 is 1.44 bits per heavy atom. The standard InChI is InChI=1S/C15H21NO2/c1-11(2)9-16(3)10-14(17)12-4-5-15-13(8-12)6-7-18-15/h4-5,8,11H,6-7,9-10H2,1-3H3. The van der Waals surface area contributed by atoms with E-state index in [9.17, 15) is 4.79 Å². The molecule has 0 atom stereocenters. The van der Waals surface area contributed by atoms with Crippen LogP contribution in [0.15, 0.2) is 18.2 Å². The molecule has 1 aromatic carbocycles. The third kappa shape index (κ3) is 3.10. The Kier molecular flexibility index (Phi) is 4.02. The third-order valence-electron chi connectivity index (χ3n) is 3.10. The predicted molar refractivity (Wildman–Crippen MR) is 72.3 cm³/mol. The van der Waals surface area contributed by atoms with E-state index < -0.39 is 0 Å². The Morgan fingerprint density at radius 2 is 2.22 bits per heavy atom. The van der Waals surface area contributed by atoms with E-state index in [0.29, 0.717) is 12.5 Å². The molecule has 0 N–H and O–H groups in total. The Hall–Kier alpha value is -1.35. The smallest absolute Gasteiger partial charge is 0.176 e. The summed E-state index contributed by atoms with van der Waals surface area (Å²) in [4.78, 5) is 14.2. The molecule has 0 aliphatic carbocycles. The van der Waals surface area contributed by atoms with E-state index in [4.69, 9.17) is 4.74 Å². The second-order valence-corrected chi connectivity index (χ2v) is 5.43. The first-order valence-electron chi connectivity index (χ1n) is 6.53. The van der Waals surface area contributed by atoms with E-state index in [1.165, 1.54) is 0 Å². The van der Waals surface area contributed by atoms with Crippen molar-refractivity contribution in [2.75, 3.05) is 26.7 Å². The van der Waals surface area contributed by atoms with Gasteiger partial charge in [-0.3, -0.25) is 9.69 Å². The molecule has 0 saturated heterocycles. The van der Waals surface area contributed by atoms with Crippen LogP contribution in [0.25, 0.3) is 0 Å². The monoisotopic (exact) mass is 247 g/mol. The van der Waals surface area contributed by atoms with Gasteiger partial charge in [-0.05, 0) is 36.7 Å². The van der Waals surface area contributed by atoms with Crippen LogP contribution in [0.5, 0.6) is 5.75 Å². The van der Waals surface area contributed by atoms with Crippen molar-refractivity contribution in [1.82, 2.24) is 4.90 Å². The van der Waals surface area contributed by atoms with Gasteiger partial charge in [0.15, 0.2) is 5.78 Å². The van der Waals surface area contributed by atoms with E-state index in [1.54, 1.807) is 0 Å². The van der Waals surface area contributed by atoms with Crippen molar-refractivity contribution >= 4 is 5.78 Å². The molecule has 2 rings (SSSR count). The predicted octanol–water partition coefficient (Wildman–Crippen LogP) is 2.39. The number of Topliss-reactive ketones (excluding diaryl/α,β-unsaturated/α-hetero) is 1. The molecule has 3 heteroatoms. The molecule has 0 unspecified atom stereocenters. The van der Waals surface area contributed by atoms with Gasteiger partial charge in [-0.15, -0.1) is 0 Å². The average molecular weight is 247 g/mol. The van der Waals surface area contributed by atoms with Crippen molar-refractivity contribution in [2.45, 2.75) is 20.3 Å². The number of likely N-dealkylation sites (N-methyl/N-ethyl adjacent to an activating group) is 1. The summed E-state index contributed by atoms with van der Waals surface area (Å²) in [7, 11) is 1.99. The van der Waals surface area contributed by atoms with Gasteiger partial charge in [0.2, 0.25) is 0 Å². The molecule has 0 spiro atoms. The number of rotatable bonds is 5. The normalized spacial score (nSPS) is 13.8. The molecule has 0 amide bonds. The number of nitrogens with zero attached hydrogens (tertiary/aromatic N) is 1. The molecule has 0 bridgehead atoms. The summed E-state index contributed by atoms with van der Waals surface area (Å²) in [6.07, 6.45) is 0.915. The zero-order valence-corrected chi connectivity index (χ0v) is 11.4. The summed E-state index contributed by atoms with van der Waals surface area (Å²) < 4.78 is 5.45. The lowest BCUT2D eigenvalue weighted by atomic mass is 10.0. The minimum atomic E-state index is 0.188. The minimum absolute atomic E-state index is 0.188. The molecule has 3 nitrogen and oxygen atoms in total. The van der Waals surface area contributed by atoms with Crippen molar-refractivity contribution in [3.8, 4) is 5.75 Å². The summed E-state index contributed by atoms with van der Waals surface area (Å²) in [5.74, 6) is 1.70. The molecular formula is C15H21NO2. The fourth-order valence-corrected chi connectivity index (χ4v) is 2.38. The van der Waals surface area contributed by atoms with E-state index >= 15 is 0 Å². The molecule has 1 aliphatic rings. The zero-order valence-electron chi connectivity index (χ0n) is 11.4. The van der Waals surface area contributed by atoms with E-state index in [2.05, 4.69) is 18.7 Å². The maximum atomic E-state index is 12.2. The largest absolute Gasteiger partial charge is 0.493 e. The van der Waals surface area contributed by atoms with Crippen molar-refractivity contribution in [2.24, 2.45) is 5.92 Å².